The summed E-state index contributed by atoms with van der Waals surface area (Å²) < 4.78 is 0. The number of aliphatic carboxylic acids is 2. The van der Waals surface area contributed by atoms with Crippen LogP contribution in [0.3, 0.4) is 0 Å². The SMILES string of the molecule is CCC1=C(CC)[C@@H]2C[C@@H]1C(CC)(C(=O)O)C2(CC)C(=O)O. The smallest absolute Gasteiger partial charge is 0.311 e. The second kappa shape index (κ2) is 5.15. The average Bonchev–Trinajstić information content (AvgIpc) is 2.96. The molecular formula is C17H26O4. The van der Waals surface area contributed by atoms with E-state index in [4.69, 9.17) is 0 Å². The molecule has 0 spiro atoms. The fourth-order valence-electron chi connectivity index (χ4n) is 5.64. The molecule has 2 aliphatic carbocycles. The minimum Gasteiger partial charge on any atom is -0.481 e. The molecule has 0 radical (unpaired) electrons. The molecular weight excluding hydrogens is 268 g/mol. The van der Waals surface area contributed by atoms with Gasteiger partial charge in [-0.25, -0.2) is 0 Å². The third-order valence-corrected chi connectivity index (χ3v) is 6.35. The highest BCUT2D eigenvalue weighted by Crippen LogP contribution is 2.71. The topological polar surface area (TPSA) is 74.6 Å². The third-order valence-electron chi connectivity index (χ3n) is 6.35. The predicted octanol–water partition coefficient (Wildman–Crippen LogP) is 3.71. The molecule has 1 saturated carbocycles. The second-order valence-corrected chi connectivity index (χ2v) is 6.36. The molecule has 2 bridgehead atoms. The molecule has 0 aromatic rings. The summed E-state index contributed by atoms with van der Waals surface area (Å²) in [5.41, 5.74) is 0.138. The summed E-state index contributed by atoms with van der Waals surface area (Å²) in [4.78, 5) is 24.4. The molecule has 21 heavy (non-hydrogen) atoms. The van der Waals surface area contributed by atoms with Crippen LogP contribution in [0.4, 0.5) is 0 Å². The first-order valence-corrected chi connectivity index (χ1v) is 8.07. The normalized spacial score (nSPS) is 38.1. The van der Waals surface area contributed by atoms with Gasteiger partial charge in [0.1, 0.15) is 0 Å². The Bertz CT molecular complexity index is 463. The van der Waals surface area contributed by atoms with E-state index in [-0.39, 0.29) is 11.8 Å². The maximum Gasteiger partial charge on any atom is 0.311 e. The molecule has 0 heterocycles. The Labute approximate surface area is 126 Å². The number of carbonyl (C=O) groups is 2. The van der Waals surface area contributed by atoms with Crippen molar-refractivity contribution in [3.63, 3.8) is 0 Å². The van der Waals surface area contributed by atoms with Gasteiger partial charge in [0.15, 0.2) is 0 Å². The lowest BCUT2D eigenvalue weighted by Gasteiger charge is -2.48. The van der Waals surface area contributed by atoms with Crippen molar-refractivity contribution in [1.29, 1.82) is 0 Å². The zero-order valence-electron chi connectivity index (χ0n) is 13.4. The van der Waals surface area contributed by atoms with Crippen molar-refractivity contribution in [2.75, 3.05) is 0 Å². The Morgan fingerprint density at radius 3 is 1.43 bits per heavy atom. The van der Waals surface area contributed by atoms with Gasteiger partial charge in [0.2, 0.25) is 0 Å². The summed E-state index contributed by atoms with van der Waals surface area (Å²) in [7, 11) is 0. The van der Waals surface area contributed by atoms with Crippen LogP contribution in [0.5, 0.6) is 0 Å². The van der Waals surface area contributed by atoms with Crippen molar-refractivity contribution in [1.82, 2.24) is 0 Å². The van der Waals surface area contributed by atoms with E-state index in [1.54, 1.807) is 0 Å². The quantitative estimate of drug-likeness (QED) is 0.732. The van der Waals surface area contributed by atoms with E-state index in [0.29, 0.717) is 19.3 Å². The fraction of sp³-hybridized carbons (Fsp3) is 0.765. The molecule has 2 aliphatic rings. The molecule has 2 rings (SSSR count). The number of rotatable bonds is 6. The molecule has 118 valence electrons. The van der Waals surface area contributed by atoms with Crippen LogP contribution in [0.1, 0.15) is 59.8 Å². The van der Waals surface area contributed by atoms with Gasteiger partial charge in [0.05, 0.1) is 10.8 Å². The van der Waals surface area contributed by atoms with Crippen LogP contribution in [0.2, 0.25) is 0 Å². The molecule has 0 aliphatic heterocycles. The lowest BCUT2D eigenvalue weighted by Crippen LogP contribution is -2.56. The van der Waals surface area contributed by atoms with Crippen LogP contribution in [-0.2, 0) is 9.59 Å². The standard InChI is InChI=1S/C17H26O4/c1-5-10-11(6-2)13-9-12(10)16(7-3,14(18)19)17(13,8-4)15(20)21/h12-13H,5-9H2,1-4H3,(H,18,19)(H,20,21)/t12-,13-,16?,17?/m0/s1. The maximum absolute atomic E-state index is 12.2. The summed E-state index contributed by atoms with van der Waals surface area (Å²) in [5, 5.41) is 20.0. The van der Waals surface area contributed by atoms with Gasteiger partial charge in [0.25, 0.3) is 0 Å². The Morgan fingerprint density at radius 2 is 1.24 bits per heavy atom. The molecule has 4 atom stereocenters. The maximum atomic E-state index is 12.2. The van der Waals surface area contributed by atoms with E-state index >= 15 is 0 Å². The van der Waals surface area contributed by atoms with Crippen molar-refractivity contribution in [2.45, 2.75) is 59.8 Å². The minimum absolute atomic E-state index is 0.110. The van der Waals surface area contributed by atoms with E-state index in [0.717, 1.165) is 12.8 Å². The Balaban J connectivity index is 2.78. The van der Waals surface area contributed by atoms with Gasteiger partial charge in [-0.2, -0.15) is 0 Å². The molecule has 0 saturated heterocycles. The number of allylic oxidation sites excluding steroid dienone is 2. The zero-order chi connectivity index (χ0) is 16.0. The highest BCUT2D eigenvalue weighted by Gasteiger charge is 2.74. The molecule has 2 N–H and O–H groups in total. The molecule has 0 aromatic heterocycles. The van der Waals surface area contributed by atoms with E-state index < -0.39 is 22.8 Å². The summed E-state index contributed by atoms with van der Waals surface area (Å²) in [5.74, 6) is -2.08. The molecule has 2 unspecified atom stereocenters. The predicted molar refractivity (Wildman–Crippen MR) is 79.9 cm³/mol. The third kappa shape index (κ3) is 1.56. The van der Waals surface area contributed by atoms with Gasteiger partial charge < -0.3 is 10.2 Å². The van der Waals surface area contributed by atoms with Crippen LogP contribution in [0, 0.1) is 22.7 Å². The van der Waals surface area contributed by atoms with Crippen LogP contribution in [0.15, 0.2) is 11.1 Å². The summed E-state index contributed by atoms with van der Waals surface area (Å²) >= 11 is 0. The van der Waals surface area contributed by atoms with Crippen LogP contribution in [-0.4, -0.2) is 22.2 Å². The molecule has 4 heteroatoms. The first-order chi connectivity index (χ1) is 9.88. The molecule has 0 aromatic carbocycles. The van der Waals surface area contributed by atoms with E-state index in [9.17, 15) is 19.8 Å². The van der Waals surface area contributed by atoms with E-state index in [1.807, 2.05) is 13.8 Å². The average molecular weight is 294 g/mol. The second-order valence-electron chi connectivity index (χ2n) is 6.36. The summed E-state index contributed by atoms with van der Waals surface area (Å²) in [6, 6.07) is 0. The first-order valence-electron chi connectivity index (χ1n) is 8.07. The van der Waals surface area contributed by atoms with Crippen LogP contribution < -0.4 is 0 Å². The van der Waals surface area contributed by atoms with Gasteiger partial charge in [-0.1, -0.05) is 38.8 Å². The van der Waals surface area contributed by atoms with E-state index in [1.165, 1.54) is 11.1 Å². The number of carboxylic acids is 2. The number of hydrogen-bond donors (Lipinski definition) is 2. The number of carboxylic acid groups (broad SMARTS) is 2. The number of hydrogen-bond acceptors (Lipinski definition) is 2. The zero-order valence-corrected chi connectivity index (χ0v) is 13.4. The van der Waals surface area contributed by atoms with Crippen LogP contribution in [0.25, 0.3) is 0 Å². The Kier molecular flexibility index (Phi) is 3.94. The first kappa shape index (κ1) is 16.1. The largest absolute Gasteiger partial charge is 0.481 e. The highest BCUT2D eigenvalue weighted by atomic mass is 16.4. The molecule has 0 amide bonds. The van der Waals surface area contributed by atoms with Crippen molar-refractivity contribution in [3.05, 3.63) is 11.1 Å². The Hall–Kier alpha value is -1.32. The van der Waals surface area contributed by atoms with Crippen LogP contribution >= 0.6 is 0 Å². The van der Waals surface area contributed by atoms with Crippen molar-refractivity contribution in [3.8, 4) is 0 Å². The highest BCUT2D eigenvalue weighted by molar-refractivity contribution is 5.90. The lowest BCUT2D eigenvalue weighted by atomic mass is 9.52. The van der Waals surface area contributed by atoms with Gasteiger partial charge in [-0.05, 0) is 43.9 Å². The van der Waals surface area contributed by atoms with Gasteiger partial charge >= 0.3 is 11.9 Å². The van der Waals surface area contributed by atoms with Crippen molar-refractivity contribution in [2.24, 2.45) is 22.7 Å². The number of fused-ring (bicyclic) bond motifs is 2. The summed E-state index contributed by atoms with van der Waals surface area (Å²) in [6.45, 7) is 7.78. The van der Waals surface area contributed by atoms with Gasteiger partial charge in [0, 0.05) is 0 Å². The van der Waals surface area contributed by atoms with Crippen molar-refractivity contribution >= 4 is 11.9 Å². The lowest BCUT2D eigenvalue weighted by molar-refractivity contribution is -0.178. The van der Waals surface area contributed by atoms with Crippen molar-refractivity contribution < 1.29 is 19.8 Å². The summed E-state index contributed by atoms with van der Waals surface area (Å²) in [6.07, 6.45) is 3.12. The van der Waals surface area contributed by atoms with E-state index in [2.05, 4.69) is 13.8 Å². The fourth-order valence-corrected chi connectivity index (χ4v) is 5.64. The van der Waals surface area contributed by atoms with Gasteiger partial charge in [-0.15, -0.1) is 0 Å². The Morgan fingerprint density at radius 1 is 0.905 bits per heavy atom. The molecule has 4 nitrogen and oxygen atoms in total. The monoisotopic (exact) mass is 294 g/mol. The minimum atomic E-state index is -1.15. The van der Waals surface area contributed by atoms with Gasteiger partial charge in [-0.3, -0.25) is 9.59 Å². The molecule has 1 fully saturated rings.